The fraction of sp³-hybridized carbons (Fsp3) is 0.222. The molecule has 0 aromatic heterocycles. The molecule has 4 nitrogen and oxygen atoms in total. The molecule has 0 saturated carbocycles. The van der Waals surface area contributed by atoms with E-state index in [-0.39, 0.29) is 5.91 Å². The molecule has 0 aliphatic heterocycles. The van der Waals surface area contributed by atoms with Crippen LogP contribution >= 0.6 is 12.2 Å². The molecule has 2 rings (SSSR count). The van der Waals surface area contributed by atoms with Crippen LogP contribution in [-0.4, -0.2) is 11.0 Å². The maximum atomic E-state index is 12.2. The number of benzene rings is 2. The van der Waals surface area contributed by atoms with Crippen molar-refractivity contribution < 1.29 is 4.79 Å². The molecule has 0 heterocycles. The van der Waals surface area contributed by atoms with Crippen molar-refractivity contribution in [1.82, 2.24) is 10.9 Å². The van der Waals surface area contributed by atoms with Crippen molar-refractivity contribution in [2.45, 2.75) is 27.7 Å². The molecule has 2 aromatic rings. The lowest BCUT2D eigenvalue weighted by atomic mass is 10.1. The number of amides is 1. The zero-order valence-electron chi connectivity index (χ0n) is 13.8. The molecule has 1 amide bonds. The molecular weight excluding hydrogens is 306 g/mol. The second-order valence-corrected chi connectivity index (χ2v) is 6.07. The monoisotopic (exact) mass is 327 g/mol. The molecule has 23 heavy (non-hydrogen) atoms. The summed E-state index contributed by atoms with van der Waals surface area (Å²) in [7, 11) is 0. The molecule has 0 aliphatic rings. The summed E-state index contributed by atoms with van der Waals surface area (Å²) >= 11 is 5.22. The van der Waals surface area contributed by atoms with Gasteiger partial charge in [-0.25, -0.2) is 0 Å². The highest BCUT2D eigenvalue weighted by Crippen LogP contribution is 2.17. The van der Waals surface area contributed by atoms with Crippen LogP contribution in [-0.2, 0) is 0 Å². The predicted octanol–water partition coefficient (Wildman–Crippen LogP) is 3.55. The minimum Gasteiger partial charge on any atom is -0.331 e. The van der Waals surface area contributed by atoms with E-state index in [1.165, 1.54) is 5.56 Å². The third-order valence-corrected chi connectivity index (χ3v) is 3.83. The summed E-state index contributed by atoms with van der Waals surface area (Å²) in [6, 6.07) is 11.6. The van der Waals surface area contributed by atoms with Crippen LogP contribution in [0.4, 0.5) is 5.69 Å². The first-order valence-electron chi connectivity index (χ1n) is 7.38. The zero-order chi connectivity index (χ0) is 17.0. The van der Waals surface area contributed by atoms with Crippen LogP contribution in [0.5, 0.6) is 0 Å². The molecule has 0 radical (unpaired) electrons. The number of carbonyl (C=O) groups is 1. The molecule has 0 unspecified atom stereocenters. The molecule has 2 aromatic carbocycles. The van der Waals surface area contributed by atoms with Gasteiger partial charge in [-0.2, -0.15) is 0 Å². The van der Waals surface area contributed by atoms with E-state index >= 15 is 0 Å². The van der Waals surface area contributed by atoms with Crippen molar-refractivity contribution in [2.24, 2.45) is 0 Å². The number of rotatable bonds is 2. The highest BCUT2D eigenvalue weighted by atomic mass is 32.1. The van der Waals surface area contributed by atoms with Crippen LogP contribution in [0.15, 0.2) is 36.4 Å². The SMILES string of the molecule is Cc1cc(C)cc(C(=O)NNC(=S)Nc2cccc(C)c2C)c1. The van der Waals surface area contributed by atoms with Gasteiger partial charge in [0.1, 0.15) is 0 Å². The Morgan fingerprint density at radius 2 is 1.61 bits per heavy atom. The Balaban J connectivity index is 1.96. The Hall–Kier alpha value is -2.40. The predicted molar refractivity (Wildman–Crippen MR) is 98.7 cm³/mol. The van der Waals surface area contributed by atoms with E-state index in [2.05, 4.69) is 16.2 Å². The van der Waals surface area contributed by atoms with E-state index in [1.54, 1.807) is 0 Å². The number of anilines is 1. The Labute approximate surface area is 142 Å². The minimum atomic E-state index is -0.220. The normalized spacial score (nSPS) is 10.1. The lowest BCUT2D eigenvalue weighted by molar-refractivity contribution is 0.0944. The first-order chi connectivity index (χ1) is 10.9. The van der Waals surface area contributed by atoms with Crippen molar-refractivity contribution in [3.8, 4) is 0 Å². The van der Waals surface area contributed by atoms with E-state index in [9.17, 15) is 4.79 Å². The molecule has 0 fully saturated rings. The van der Waals surface area contributed by atoms with E-state index in [0.29, 0.717) is 10.7 Å². The topological polar surface area (TPSA) is 53.2 Å². The highest BCUT2D eigenvalue weighted by molar-refractivity contribution is 7.80. The lowest BCUT2D eigenvalue weighted by Crippen LogP contribution is -2.43. The second kappa shape index (κ2) is 7.24. The molecule has 0 aliphatic carbocycles. The van der Waals surface area contributed by atoms with Gasteiger partial charge >= 0.3 is 0 Å². The van der Waals surface area contributed by atoms with E-state index in [4.69, 9.17) is 12.2 Å². The quantitative estimate of drug-likeness (QED) is 0.583. The smallest absolute Gasteiger partial charge is 0.269 e. The van der Waals surface area contributed by atoms with Crippen molar-refractivity contribution in [2.75, 3.05) is 5.32 Å². The second-order valence-electron chi connectivity index (χ2n) is 5.66. The molecule has 0 spiro atoms. The Morgan fingerprint density at radius 3 is 2.26 bits per heavy atom. The van der Waals surface area contributed by atoms with Crippen molar-refractivity contribution in [3.05, 3.63) is 64.2 Å². The summed E-state index contributed by atoms with van der Waals surface area (Å²) in [5.41, 5.74) is 11.3. The van der Waals surface area contributed by atoms with Gasteiger partial charge in [-0.3, -0.25) is 15.6 Å². The van der Waals surface area contributed by atoms with E-state index in [0.717, 1.165) is 22.4 Å². The lowest BCUT2D eigenvalue weighted by Gasteiger charge is -2.14. The van der Waals surface area contributed by atoms with Crippen LogP contribution < -0.4 is 16.2 Å². The number of hydrogen-bond acceptors (Lipinski definition) is 2. The van der Waals surface area contributed by atoms with Crippen LogP contribution in [0.25, 0.3) is 0 Å². The molecule has 3 N–H and O–H groups in total. The number of thiocarbonyl (C=S) groups is 1. The van der Waals surface area contributed by atoms with Crippen molar-refractivity contribution in [3.63, 3.8) is 0 Å². The number of carbonyl (C=O) groups excluding carboxylic acids is 1. The zero-order valence-corrected chi connectivity index (χ0v) is 14.6. The minimum absolute atomic E-state index is 0.220. The fourth-order valence-corrected chi connectivity index (χ4v) is 2.49. The summed E-state index contributed by atoms with van der Waals surface area (Å²) in [5.74, 6) is -0.220. The van der Waals surface area contributed by atoms with Crippen molar-refractivity contribution >= 4 is 28.9 Å². The number of nitrogens with one attached hydrogen (secondary N) is 3. The first kappa shape index (κ1) is 17.0. The third kappa shape index (κ3) is 4.53. The van der Waals surface area contributed by atoms with Gasteiger partial charge in [-0.15, -0.1) is 0 Å². The highest BCUT2D eigenvalue weighted by Gasteiger charge is 2.08. The molecular formula is C18H21N3OS. The van der Waals surface area contributed by atoms with Gasteiger partial charge in [-0.05, 0) is 69.2 Å². The first-order valence-corrected chi connectivity index (χ1v) is 7.79. The maximum absolute atomic E-state index is 12.2. The van der Waals surface area contributed by atoms with Gasteiger partial charge < -0.3 is 5.32 Å². The van der Waals surface area contributed by atoms with Crippen LogP contribution in [0.3, 0.4) is 0 Å². The van der Waals surface area contributed by atoms with Gasteiger partial charge in [0.05, 0.1) is 0 Å². The summed E-state index contributed by atoms with van der Waals surface area (Å²) < 4.78 is 0. The van der Waals surface area contributed by atoms with Gasteiger partial charge in [-0.1, -0.05) is 29.3 Å². The molecule has 120 valence electrons. The average molecular weight is 327 g/mol. The van der Waals surface area contributed by atoms with Crippen LogP contribution in [0, 0.1) is 27.7 Å². The Bertz CT molecular complexity index is 736. The molecule has 5 heteroatoms. The Morgan fingerprint density at radius 1 is 0.957 bits per heavy atom. The molecule has 0 atom stereocenters. The van der Waals surface area contributed by atoms with E-state index in [1.807, 2.05) is 64.1 Å². The summed E-state index contributed by atoms with van der Waals surface area (Å²) in [6.07, 6.45) is 0. The standard InChI is InChI=1S/C18H21N3OS/c1-11-8-12(2)10-15(9-11)17(22)20-21-18(23)19-16-7-5-6-13(3)14(16)4/h5-10H,1-4H3,(H,20,22)(H2,19,21,23). The summed E-state index contributed by atoms with van der Waals surface area (Å²) in [4.78, 5) is 12.2. The fourth-order valence-electron chi connectivity index (χ4n) is 2.33. The largest absolute Gasteiger partial charge is 0.331 e. The average Bonchev–Trinajstić information content (AvgIpc) is 2.48. The van der Waals surface area contributed by atoms with Crippen LogP contribution in [0.1, 0.15) is 32.6 Å². The molecule has 0 saturated heterocycles. The third-order valence-electron chi connectivity index (χ3n) is 3.63. The van der Waals surface area contributed by atoms with Gasteiger partial charge in [0.2, 0.25) is 0 Å². The Kier molecular flexibility index (Phi) is 5.34. The van der Waals surface area contributed by atoms with Gasteiger partial charge in [0.25, 0.3) is 5.91 Å². The number of aryl methyl sites for hydroxylation is 3. The van der Waals surface area contributed by atoms with Gasteiger partial charge in [0, 0.05) is 11.3 Å². The molecule has 0 bridgehead atoms. The number of hydrazine groups is 1. The van der Waals surface area contributed by atoms with Crippen LogP contribution in [0.2, 0.25) is 0 Å². The van der Waals surface area contributed by atoms with Crippen molar-refractivity contribution in [1.29, 1.82) is 0 Å². The van der Waals surface area contributed by atoms with Gasteiger partial charge in [0.15, 0.2) is 5.11 Å². The number of hydrogen-bond donors (Lipinski definition) is 3. The summed E-state index contributed by atoms with van der Waals surface area (Å²) in [5, 5.41) is 3.43. The summed E-state index contributed by atoms with van der Waals surface area (Å²) in [6.45, 7) is 7.99. The maximum Gasteiger partial charge on any atom is 0.269 e. The van der Waals surface area contributed by atoms with E-state index < -0.39 is 0 Å².